The number of furan rings is 2. The van der Waals surface area contributed by atoms with Gasteiger partial charge in [0, 0.05) is 27.5 Å². The minimum atomic E-state index is 0.849. The van der Waals surface area contributed by atoms with Gasteiger partial charge in [0.05, 0.1) is 11.1 Å². The van der Waals surface area contributed by atoms with E-state index in [-0.39, 0.29) is 0 Å². The van der Waals surface area contributed by atoms with Crippen LogP contribution >= 0.6 is 0 Å². The van der Waals surface area contributed by atoms with E-state index >= 15 is 0 Å². The number of benzene rings is 12. The van der Waals surface area contributed by atoms with Gasteiger partial charge in [-0.2, -0.15) is 0 Å². The van der Waals surface area contributed by atoms with Gasteiger partial charge in [-0.15, -0.1) is 0 Å². The Morgan fingerprint density at radius 1 is 0.254 bits per heavy atom. The molecule has 0 unspecified atom stereocenters. The Balaban J connectivity index is 0.988. The molecule has 0 saturated carbocycles. The normalized spacial score (nSPS) is 11.9. The molecule has 0 N–H and O–H groups in total. The van der Waals surface area contributed by atoms with E-state index in [1.807, 2.05) is 24.3 Å². The van der Waals surface area contributed by atoms with Crippen molar-refractivity contribution in [1.29, 1.82) is 0 Å². The number of hydrogen-bond donors (Lipinski definition) is 0. The average molecular weight is 854 g/mol. The predicted octanol–water partition coefficient (Wildman–Crippen LogP) is 18.6. The Labute approximate surface area is 386 Å². The van der Waals surface area contributed by atoms with Crippen molar-refractivity contribution in [2.75, 3.05) is 4.90 Å². The fourth-order valence-corrected chi connectivity index (χ4v) is 10.7. The Kier molecular flexibility index (Phi) is 8.28. The molecular formula is C64H39NO2. The minimum Gasteiger partial charge on any atom is -0.456 e. The Bertz CT molecular complexity index is 4290. The lowest BCUT2D eigenvalue weighted by Gasteiger charge is -2.26. The maximum Gasteiger partial charge on any atom is 0.137 e. The summed E-state index contributed by atoms with van der Waals surface area (Å²) in [6, 6.07) is 85.6. The minimum absolute atomic E-state index is 0.849. The van der Waals surface area contributed by atoms with Gasteiger partial charge in [0.15, 0.2) is 0 Å². The van der Waals surface area contributed by atoms with Crippen LogP contribution in [0.25, 0.3) is 120 Å². The van der Waals surface area contributed by atoms with Crippen molar-refractivity contribution in [2.24, 2.45) is 0 Å². The molecular weight excluding hydrogens is 815 g/mol. The topological polar surface area (TPSA) is 29.5 Å². The van der Waals surface area contributed by atoms with E-state index < -0.39 is 0 Å². The Morgan fingerprint density at radius 3 is 1.51 bits per heavy atom. The summed E-state index contributed by atoms with van der Waals surface area (Å²) >= 11 is 0. The first kappa shape index (κ1) is 37.5. The van der Waals surface area contributed by atoms with Crippen LogP contribution in [0.1, 0.15) is 0 Å². The molecule has 14 rings (SSSR count). The number of nitrogens with zero attached hydrogens (tertiary/aromatic N) is 1. The third kappa shape index (κ3) is 5.99. The van der Waals surface area contributed by atoms with Gasteiger partial charge < -0.3 is 13.7 Å². The second kappa shape index (κ2) is 14.8. The highest BCUT2D eigenvalue weighted by Crippen LogP contribution is 2.47. The predicted molar refractivity (Wildman–Crippen MR) is 282 cm³/mol. The monoisotopic (exact) mass is 853 g/mol. The van der Waals surface area contributed by atoms with E-state index in [0.29, 0.717) is 0 Å². The molecule has 0 aliphatic heterocycles. The molecule has 12 aromatic carbocycles. The van der Waals surface area contributed by atoms with Crippen LogP contribution in [0.3, 0.4) is 0 Å². The molecule has 2 aromatic heterocycles. The van der Waals surface area contributed by atoms with Crippen LogP contribution in [-0.2, 0) is 0 Å². The summed E-state index contributed by atoms with van der Waals surface area (Å²) in [5.41, 5.74) is 13.6. The molecule has 0 saturated heterocycles. The molecule has 0 fully saturated rings. The van der Waals surface area contributed by atoms with Crippen molar-refractivity contribution in [3.05, 3.63) is 237 Å². The summed E-state index contributed by atoms with van der Waals surface area (Å²) in [5, 5.41) is 14.3. The summed E-state index contributed by atoms with van der Waals surface area (Å²) in [5.74, 6) is 0. The van der Waals surface area contributed by atoms with E-state index in [9.17, 15) is 0 Å². The van der Waals surface area contributed by atoms with Crippen LogP contribution in [0, 0.1) is 0 Å². The Morgan fingerprint density at radius 2 is 0.761 bits per heavy atom. The molecule has 0 bridgehead atoms. The second-order valence-electron chi connectivity index (χ2n) is 17.6. The van der Waals surface area contributed by atoms with Gasteiger partial charge in [0.1, 0.15) is 22.3 Å². The number of fused-ring (bicyclic) bond motifs is 13. The van der Waals surface area contributed by atoms with Crippen molar-refractivity contribution in [1.82, 2.24) is 0 Å². The molecule has 0 atom stereocenters. The van der Waals surface area contributed by atoms with Gasteiger partial charge in [0.2, 0.25) is 0 Å². The molecule has 0 amide bonds. The maximum absolute atomic E-state index is 6.47. The SMILES string of the molecule is c1cc(-c2ccc3ccccc3c2)cc(-c2cc3c4ccccc4c4ccccc4c3cc2-c2ccc(N(c3ccc4oc5ccccc5c4c3)c3cccc4oc5ccccc5c34)cc2)c1. The lowest BCUT2D eigenvalue weighted by Crippen LogP contribution is -2.10. The first-order chi connectivity index (χ1) is 33.2. The summed E-state index contributed by atoms with van der Waals surface area (Å²) in [4.78, 5) is 2.36. The molecule has 14 aromatic rings. The van der Waals surface area contributed by atoms with Crippen LogP contribution in [0.2, 0.25) is 0 Å². The first-order valence-electron chi connectivity index (χ1n) is 22.9. The lowest BCUT2D eigenvalue weighted by molar-refractivity contribution is 0.668. The molecule has 67 heavy (non-hydrogen) atoms. The molecule has 2 heterocycles. The van der Waals surface area contributed by atoms with Gasteiger partial charge in [-0.3, -0.25) is 0 Å². The largest absolute Gasteiger partial charge is 0.456 e. The van der Waals surface area contributed by atoms with Crippen LogP contribution in [-0.4, -0.2) is 0 Å². The van der Waals surface area contributed by atoms with Gasteiger partial charge in [-0.25, -0.2) is 0 Å². The van der Waals surface area contributed by atoms with E-state index in [2.05, 4.69) is 217 Å². The molecule has 3 heteroatoms. The molecule has 0 aliphatic rings. The zero-order chi connectivity index (χ0) is 44.0. The van der Waals surface area contributed by atoms with Gasteiger partial charge in [-0.05, 0) is 155 Å². The van der Waals surface area contributed by atoms with Crippen LogP contribution in [0.4, 0.5) is 17.1 Å². The number of para-hydroxylation sites is 2. The summed E-state index contributed by atoms with van der Waals surface area (Å²) < 4.78 is 12.8. The fourth-order valence-electron chi connectivity index (χ4n) is 10.7. The summed E-state index contributed by atoms with van der Waals surface area (Å²) in [7, 11) is 0. The van der Waals surface area contributed by atoms with Crippen LogP contribution in [0.15, 0.2) is 245 Å². The quantitative estimate of drug-likeness (QED) is 0.156. The standard InChI is InChI=1S/C64H39NO2/c1-2-14-42-35-44(28-27-40(42)13-1)43-15-11-16-45(36-43)55-39-57-51-20-6-4-18-49(51)48-17-3-5-19-50(48)56(57)38-54(55)41-29-31-46(32-30-41)65(47-33-34-62-58(37-47)52-21-7-9-24-60(52)66-62)59-23-12-26-63-64(59)53-22-8-10-25-61(53)67-63/h1-39H. The number of anilines is 3. The number of rotatable bonds is 6. The van der Waals surface area contributed by atoms with Crippen molar-refractivity contribution < 1.29 is 8.83 Å². The van der Waals surface area contributed by atoms with E-state index in [4.69, 9.17) is 8.83 Å². The third-order valence-corrected chi connectivity index (χ3v) is 13.8. The smallest absolute Gasteiger partial charge is 0.137 e. The fraction of sp³-hybridized carbons (Fsp3) is 0. The van der Waals surface area contributed by atoms with Gasteiger partial charge in [0.25, 0.3) is 0 Å². The second-order valence-corrected chi connectivity index (χ2v) is 17.6. The first-order valence-corrected chi connectivity index (χ1v) is 22.9. The summed E-state index contributed by atoms with van der Waals surface area (Å²) in [6.07, 6.45) is 0. The highest BCUT2D eigenvalue weighted by atomic mass is 16.3. The molecule has 0 aliphatic carbocycles. The lowest BCUT2D eigenvalue weighted by atomic mass is 9.86. The molecule has 0 spiro atoms. The zero-order valence-electron chi connectivity index (χ0n) is 36.3. The van der Waals surface area contributed by atoms with Crippen molar-refractivity contribution in [2.45, 2.75) is 0 Å². The van der Waals surface area contributed by atoms with E-state index in [0.717, 1.165) is 66.5 Å². The van der Waals surface area contributed by atoms with E-state index in [1.165, 1.54) is 70.9 Å². The third-order valence-electron chi connectivity index (χ3n) is 13.8. The average Bonchev–Trinajstić information content (AvgIpc) is 3.97. The Hall–Kier alpha value is -8.92. The zero-order valence-corrected chi connectivity index (χ0v) is 36.3. The highest BCUT2D eigenvalue weighted by Gasteiger charge is 2.22. The maximum atomic E-state index is 6.47. The number of hydrogen-bond acceptors (Lipinski definition) is 3. The van der Waals surface area contributed by atoms with E-state index in [1.54, 1.807) is 0 Å². The van der Waals surface area contributed by atoms with Crippen LogP contribution < -0.4 is 4.90 Å². The van der Waals surface area contributed by atoms with Crippen LogP contribution in [0.5, 0.6) is 0 Å². The van der Waals surface area contributed by atoms with Gasteiger partial charge in [-0.1, -0.05) is 158 Å². The van der Waals surface area contributed by atoms with Gasteiger partial charge >= 0.3 is 0 Å². The van der Waals surface area contributed by atoms with Crippen molar-refractivity contribution in [3.8, 4) is 33.4 Å². The van der Waals surface area contributed by atoms with Crippen molar-refractivity contribution >= 4 is 104 Å². The molecule has 0 radical (unpaired) electrons. The summed E-state index contributed by atoms with van der Waals surface area (Å²) in [6.45, 7) is 0. The highest BCUT2D eigenvalue weighted by molar-refractivity contribution is 6.27. The molecule has 312 valence electrons. The van der Waals surface area contributed by atoms with Crippen molar-refractivity contribution in [3.63, 3.8) is 0 Å². The molecule has 3 nitrogen and oxygen atoms in total.